The van der Waals surface area contributed by atoms with Crippen molar-refractivity contribution in [3.05, 3.63) is 71.7 Å². The molecule has 0 radical (unpaired) electrons. The molecule has 2 N–H and O–H groups in total. The van der Waals surface area contributed by atoms with Crippen LogP contribution in [0.2, 0.25) is 0 Å². The third-order valence-corrected chi connectivity index (χ3v) is 6.53. The summed E-state index contributed by atoms with van der Waals surface area (Å²) in [6.07, 6.45) is 3.82. The van der Waals surface area contributed by atoms with Gasteiger partial charge in [-0.2, -0.15) is 5.26 Å². The molecule has 3 atom stereocenters. The highest BCUT2D eigenvalue weighted by Crippen LogP contribution is 2.27. The van der Waals surface area contributed by atoms with Crippen LogP contribution < -0.4 is 5.32 Å². The van der Waals surface area contributed by atoms with Crippen LogP contribution in [0.1, 0.15) is 49.2 Å². The van der Waals surface area contributed by atoms with Crippen LogP contribution in [0.4, 0.5) is 5.95 Å². The monoisotopic (exact) mass is 496 g/mol. The maximum absolute atomic E-state index is 10.3. The van der Waals surface area contributed by atoms with Crippen LogP contribution in [0, 0.1) is 11.3 Å². The molecule has 10 nitrogen and oxygen atoms in total. The lowest BCUT2D eigenvalue weighted by Gasteiger charge is -2.17. The lowest BCUT2D eigenvalue weighted by molar-refractivity contribution is 0.116. The quantitative estimate of drug-likeness (QED) is 0.374. The lowest BCUT2D eigenvalue weighted by atomic mass is 10.1. The second-order valence-electron chi connectivity index (χ2n) is 9.14. The average molecular weight is 497 g/mol. The van der Waals surface area contributed by atoms with E-state index in [-0.39, 0.29) is 12.1 Å². The van der Waals surface area contributed by atoms with Gasteiger partial charge in [0.2, 0.25) is 5.95 Å². The summed E-state index contributed by atoms with van der Waals surface area (Å²) < 4.78 is 7.09. The van der Waals surface area contributed by atoms with Gasteiger partial charge in [-0.15, -0.1) is 5.10 Å². The first-order valence-corrected chi connectivity index (χ1v) is 12.3. The third-order valence-electron chi connectivity index (χ3n) is 6.53. The molecule has 188 valence electrons. The molecule has 37 heavy (non-hydrogen) atoms. The molecule has 1 aliphatic rings. The van der Waals surface area contributed by atoms with Gasteiger partial charge in [0, 0.05) is 12.7 Å². The van der Waals surface area contributed by atoms with Crippen molar-refractivity contribution in [3.8, 4) is 28.7 Å². The molecule has 4 aromatic rings. The molecule has 1 aromatic carbocycles. The number of methoxy groups -OCH3 is 1. The Morgan fingerprint density at radius 3 is 2.73 bits per heavy atom. The van der Waals surface area contributed by atoms with E-state index in [0.717, 1.165) is 36.2 Å². The standard InChI is InChI=1S/C27H28N8O2/c1-17(37-2)21-9-4-8-20(29-21)15-35-16-25(33-34-35)24-13-23(19-7-3-6-18(12-19)14-28)31-27(32-24)30-22-10-5-11-26(22)36/h3-4,6-9,12-13,16-17,22,26,36H,5,10-11,15H2,1-2H3,(H,30,31,32)/t17?,22-,26-/m1/s1. The van der Waals surface area contributed by atoms with E-state index in [9.17, 15) is 10.4 Å². The zero-order valence-corrected chi connectivity index (χ0v) is 20.7. The van der Waals surface area contributed by atoms with E-state index in [1.165, 1.54) is 0 Å². The molecule has 10 heteroatoms. The van der Waals surface area contributed by atoms with Crippen LogP contribution in [-0.2, 0) is 11.3 Å². The summed E-state index contributed by atoms with van der Waals surface area (Å²) in [4.78, 5) is 14.1. The lowest BCUT2D eigenvalue weighted by Crippen LogP contribution is -2.29. The highest BCUT2D eigenvalue weighted by molar-refractivity contribution is 5.68. The first-order chi connectivity index (χ1) is 18.0. The van der Waals surface area contributed by atoms with Crippen LogP contribution in [0.25, 0.3) is 22.6 Å². The Labute approximate surface area is 215 Å². The second-order valence-corrected chi connectivity index (χ2v) is 9.14. The molecule has 0 aliphatic heterocycles. The van der Waals surface area contributed by atoms with Crippen molar-refractivity contribution in [2.45, 2.75) is 51.0 Å². The minimum Gasteiger partial charge on any atom is -0.391 e. The van der Waals surface area contributed by atoms with E-state index >= 15 is 0 Å². The number of aliphatic hydroxyl groups excluding tert-OH is 1. The fraction of sp³-hybridized carbons (Fsp3) is 0.333. The maximum Gasteiger partial charge on any atom is 0.224 e. The second kappa shape index (κ2) is 10.8. The number of aliphatic hydroxyl groups is 1. The molecule has 1 saturated carbocycles. The first kappa shape index (κ1) is 24.5. The number of benzene rings is 1. The van der Waals surface area contributed by atoms with Crippen molar-refractivity contribution < 1.29 is 9.84 Å². The summed E-state index contributed by atoms with van der Waals surface area (Å²) in [5.74, 6) is 0.401. The minimum absolute atomic E-state index is 0.102. The molecule has 0 bridgehead atoms. The summed E-state index contributed by atoms with van der Waals surface area (Å²) in [7, 11) is 1.66. The molecular weight excluding hydrogens is 468 g/mol. The Morgan fingerprint density at radius 1 is 1.11 bits per heavy atom. The van der Waals surface area contributed by atoms with Gasteiger partial charge < -0.3 is 15.2 Å². The third kappa shape index (κ3) is 5.63. The van der Waals surface area contributed by atoms with Crippen molar-refractivity contribution in [2.75, 3.05) is 12.4 Å². The fourth-order valence-corrected chi connectivity index (χ4v) is 4.41. The molecule has 5 rings (SSSR count). The van der Waals surface area contributed by atoms with E-state index in [4.69, 9.17) is 14.7 Å². The van der Waals surface area contributed by atoms with Gasteiger partial charge in [-0.1, -0.05) is 23.4 Å². The number of hydrogen-bond donors (Lipinski definition) is 2. The molecule has 1 fully saturated rings. The summed E-state index contributed by atoms with van der Waals surface area (Å²) in [6, 6.07) is 17.0. The van der Waals surface area contributed by atoms with Gasteiger partial charge in [0.15, 0.2) is 0 Å². The zero-order valence-electron chi connectivity index (χ0n) is 20.7. The molecule has 3 aromatic heterocycles. The molecule has 0 amide bonds. The van der Waals surface area contributed by atoms with Gasteiger partial charge in [0.25, 0.3) is 0 Å². The average Bonchev–Trinajstić information content (AvgIpc) is 3.57. The van der Waals surface area contributed by atoms with E-state index in [0.29, 0.717) is 35.1 Å². The van der Waals surface area contributed by atoms with E-state index in [1.807, 2.05) is 49.5 Å². The number of nitrogens with zero attached hydrogens (tertiary/aromatic N) is 7. The van der Waals surface area contributed by atoms with Crippen LogP contribution in [-0.4, -0.2) is 54.3 Å². The highest BCUT2D eigenvalue weighted by atomic mass is 16.5. The zero-order chi connectivity index (χ0) is 25.8. The predicted octanol–water partition coefficient (Wildman–Crippen LogP) is 3.75. The Hall–Kier alpha value is -4.20. The number of aromatic nitrogens is 6. The molecule has 0 saturated heterocycles. The molecular formula is C27H28N8O2. The number of anilines is 1. The number of rotatable bonds is 8. The SMILES string of the molecule is COC(C)c1cccc(Cn2cc(-c3cc(-c4cccc(C#N)c4)nc(N[C@@H]4CCC[C@H]4O)n3)nn2)n1. The Morgan fingerprint density at radius 2 is 1.95 bits per heavy atom. The molecule has 1 aliphatic carbocycles. The molecule has 3 heterocycles. The van der Waals surface area contributed by atoms with Crippen molar-refractivity contribution in [2.24, 2.45) is 0 Å². The van der Waals surface area contributed by atoms with Crippen molar-refractivity contribution in [3.63, 3.8) is 0 Å². The Kier molecular flexibility index (Phi) is 7.16. The van der Waals surface area contributed by atoms with Gasteiger partial charge in [-0.3, -0.25) is 4.98 Å². The molecule has 0 spiro atoms. The van der Waals surface area contributed by atoms with E-state index in [2.05, 4.69) is 26.7 Å². The van der Waals surface area contributed by atoms with Crippen molar-refractivity contribution >= 4 is 5.95 Å². The first-order valence-electron chi connectivity index (χ1n) is 12.3. The number of hydrogen-bond acceptors (Lipinski definition) is 9. The predicted molar refractivity (Wildman–Crippen MR) is 137 cm³/mol. The minimum atomic E-state index is -0.442. The molecule has 1 unspecified atom stereocenters. The number of nitrogens with one attached hydrogen (secondary N) is 1. The van der Waals surface area contributed by atoms with E-state index in [1.54, 1.807) is 23.9 Å². The van der Waals surface area contributed by atoms with Crippen molar-refractivity contribution in [1.29, 1.82) is 5.26 Å². The number of ether oxygens (including phenoxy) is 1. The summed E-state index contributed by atoms with van der Waals surface area (Å²) >= 11 is 0. The van der Waals surface area contributed by atoms with E-state index < -0.39 is 6.10 Å². The van der Waals surface area contributed by atoms with Gasteiger partial charge in [-0.05, 0) is 56.5 Å². The number of nitriles is 1. The Balaban J connectivity index is 1.46. The fourth-order valence-electron chi connectivity index (χ4n) is 4.41. The topological polar surface area (TPSA) is 135 Å². The van der Waals surface area contributed by atoms with Gasteiger partial charge in [0.05, 0.1) is 65.4 Å². The maximum atomic E-state index is 10.3. The van der Waals surface area contributed by atoms with Crippen LogP contribution >= 0.6 is 0 Å². The van der Waals surface area contributed by atoms with Gasteiger partial charge >= 0.3 is 0 Å². The van der Waals surface area contributed by atoms with Crippen molar-refractivity contribution in [1.82, 2.24) is 29.9 Å². The van der Waals surface area contributed by atoms with Crippen LogP contribution in [0.15, 0.2) is 54.7 Å². The Bertz CT molecular complexity index is 1430. The summed E-state index contributed by atoms with van der Waals surface area (Å²) in [6.45, 7) is 2.40. The van der Waals surface area contributed by atoms with Crippen LogP contribution in [0.3, 0.4) is 0 Å². The van der Waals surface area contributed by atoms with Gasteiger partial charge in [0.1, 0.15) is 5.69 Å². The van der Waals surface area contributed by atoms with Crippen LogP contribution in [0.5, 0.6) is 0 Å². The summed E-state index contributed by atoms with van der Waals surface area (Å²) in [5.41, 5.74) is 4.84. The summed E-state index contributed by atoms with van der Waals surface area (Å²) in [5, 5.41) is 31.6. The smallest absolute Gasteiger partial charge is 0.224 e. The largest absolute Gasteiger partial charge is 0.391 e. The number of pyridine rings is 1. The normalized spacial score (nSPS) is 17.9. The van der Waals surface area contributed by atoms with Gasteiger partial charge in [-0.25, -0.2) is 14.6 Å². The highest BCUT2D eigenvalue weighted by Gasteiger charge is 2.26.